The predicted octanol–water partition coefficient (Wildman–Crippen LogP) is 2.60. The molecule has 2 heterocycles. The van der Waals surface area contributed by atoms with Gasteiger partial charge in [-0.1, -0.05) is 18.2 Å². The first-order valence-corrected chi connectivity index (χ1v) is 9.13. The van der Waals surface area contributed by atoms with Crippen LogP contribution in [0.2, 0.25) is 0 Å². The van der Waals surface area contributed by atoms with Crippen LogP contribution in [-0.4, -0.2) is 50.7 Å². The highest BCUT2D eigenvalue weighted by atomic mass is 16.5. The summed E-state index contributed by atoms with van der Waals surface area (Å²) in [6.45, 7) is 3.69. The highest BCUT2D eigenvalue weighted by molar-refractivity contribution is 5.80. The Balaban J connectivity index is 1.35. The SMILES string of the molecule is COc1ccc(N2CCN(C(=O)[C@H]3COc4ccccc4C3)CC2)cc1. The number of hydrogen-bond donors (Lipinski definition) is 0. The molecule has 2 aromatic rings. The molecule has 1 fully saturated rings. The number of piperazine rings is 1. The molecular formula is C21H24N2O3. The van der Waals surface area contributed by atoms with Gasteiger partial charge in [0.2, 0.25) is 5.91 Å². The molecule has 0 aromatic heterocycles. The van der Waals surface area contributed by atoms with Gasteiger partial charge in [-0.2, -0.15) is 0 Å². The number of benzene rings is 2. The molecule has 5 heteroatoms. The monoisotopic (exact) mass is 352 g/mol. The van der Waals surface area contributed by atoms with E-state index in [1.54, 1.807) is 7.11 Å². The second kappa shape index (κ2) is 7.28. The molecule has 0 unspecified atom stereocenters. The fraction of sp³-hybridized carbons (Fsp3) is 0.381. The summed E-state index contributed by atoms with van der Waals surface area (Å²) in [6.07, 6.45) is 0.772. The van der Waals surface area contributed by atoms with Gasteiger partial charge >= 0.3 is 0 Å². The minimum atomic E-state index is -0.0718. The normalized spacial score (nSPS) is 19.5. The molecule has 136 valence electrons. The van der Waals surface area contributed by atoms with E-state index in [9.17, 15) is 4.79 Å². The molecule has 2 aliphatic heterocycles. The van der Waals surface area contributed by atoms with Crippen molar-refractivity contribution in [2.45, 2.75) is 6.42 Å². The van der Waals surface area contributed by atoms with E-state index in [-0.39, 0.29) is 11.8 Å². The number of ether oxygens (including phenoxy) is 2. The van der Waals surface area contributed by atoms with Crippen LogP contribution in [0.15, 0.2) is 48.5 Å². The van der Waals surface area contributed by atoms with Gasteiger partial charge in [-0.25, -0.2) is 0 Å². The Morgan fingerprint density at radius 3 is 2.50 bits per heavy atom. The first-order valence-electron chi connectivity index (χ1n) is 9.13. The van der Waals surface area contributed by atoms with Crippen LogP contribution in [0.4, 0.5) is 5.69 Å². The Labute approximate surface area is 154 Å². The molecule has 1 atom stereocenters. The van der Waals surface area contributed by atoms with Crippen molar-refractivity contribution in [1.29, 1.82) is 0 Å². The maximum atomic E-state index is 12.9. The number of anilines is 1. The van der Waals surface area contributed by atoms with Crippen LogP contribution in [0.5, 0.6) is 11.5 Å². The zero-order valence-corrected chi connectivity index (χ0v) is 15.1. The van der Waals surface area contributed by atoms with E-state index >= 15 is 0 Å². The van der Waals surface area contributed by atoms with Gasteiger partial charge in [0.1, 0.15) is 18.1 Å². The largest absolute Gasteiger partial charge is 0.497 e. The average Bonchev–Trinajstić information content (AvgIpc) is 2.73. The quantitative estimate of drug-likeness (QED) is 0.852. The van der Waals surface area contributed by atoms with Gasteiger partial charge in [-0.15, -0.1) is 0 Å². The highest BCUT2D eigenvalue weighted by Gasteiger charge is 2.31. The zero-order chi connectivity index (χ0) is 17.9. The van der Waals surface area contributed by atoms with Gasteiger partial charge in [-0.05, 0) is 42.3 Å². The second-order valence-corrected chi connectivity index (χ2v) is 6.83. The molecule has 4 rings (SSSR count). The Bertz CT molecular complexity index is 767. The number of carbonyl (C=O) groups excluding carboxylic acids is 1. The van der Waals surface area contributed by atoms with Crippen LogP contribution in [0.1, 0.15) is 5.56 Å². The smallest absolute Gasteiger partial charge is 0.229 e. The van der Waals surface area contributed by atoms with Crippen molar-refractivity contribution in [3.63, 3.8) is 0 Å². The van der Waals surface area contributed by atoms with Crippen molar-refractivity contribution in [2.75, 3.05) is 44.8 Å². The van der Waals surface area contributed by atoms with E-state index in [0.717, 1.165) is 49.7 Å². The maximum Gasteiger partial charge on any atom is 0.229 e. The standard InChI is InChI=1S/C21H24N2O3/c1-25-19-8-6-18(7-9-19)22-10-12-23(13-11-22)21(24)17-14-16-4-2-3-5-20(16)26-15-17/h2-9,17H,10-15H2,1H3/t17-/m1/s1. The lowest BCUT2D eigenvalue weighted by Gasteiger charge is -2.38. The van der Waals surface area contributed by atoms with Crippen molar-refractivity contribution in [3.05, 3.63) is 54.1 Å². The number of rotatable bonds is 3. The van der Waals surface area contributed by atoms with Crippen molar-refractivity contribution in [2.24, 2.45) is 5.92 Å². The van der Waals surface area contributed by atoms with E-state index in [4.69, 9.17) is 9.47 Å². The van der Waals surface area contributed by atoms with Crippen molar-refractivity contribution < 1.29 is 14.3 Å². The van der Waals surface area contributed by atoms with Crippen molar-refractivity contribution >= 4 is 11.6 Å². The van der Waals surface area contributed by atoms with Crippen molar-refractivity contribution in [1.82, 2.24) is 4.90 Å². The Kier molecular flexibility index (Phi) is 4.69. The number of amides is 1. The van der Waals surface area contributed by atoms with E-state index in [0.29, 0.717) is 6.61 Å². The first-order chi connectivity index (χ1) is 12.7. The van der Waals surface area contributed by atoms with Gasteiger partial charge in [0.15, 0.2) is 0 Å². The van der Waals surface area contributed by atoms with Crippen LogP contribution >= 0.6 is 0 Å². The average molecular weight is 352 g/mol. The Hall–Kier alpha value is -2.69. The van der Waals surface area contributed by atoms with Crippen LogP contribution < -0.4 is 14.4 Å². The molecule has 2 aromatic carbocycles. The number of fused-ring (bicyclic) bond motifs is 1. The summed E-state index contributed by atoms with van der Waals surface area (Å²) < 4.78 is 11.0. The van der Waals surface area contributed by atoms with Crippen LogP contribution in [0, 0.1) is 5.92 Å². The fourth-order valence-electron chi connectivity index (χ4n) is 3.72. The third-order valence-electron chi connectivity index (χ3n) is 5.26. The second-order valence-electron chi connectivity index (χ2n) is 6.83. The van der Waals surface area contributed by atoms with Gasteiger partial charge < -0.3 is 19.3 Å². The van der Waals surface area contributed by atoms with Crippen molar-refractivity contribution in [3.8, 4) is 11.5 Å². The summed E-state index contributed by atoms with van der Waals surface area (Å²) in [5.41, 5.74) is 2.31. The number of nitrogens with zero attached hydrogens (tertiary/aromatic N) is 2. The first kappa shape index (κ1) is 16.8. The maximum absolute atomic E-state index is 12.9. The van der Waals surface area contributed by atoms with Crippen LogP contribution in [0.3, 0.4) is 0 Å². The summed E-state index contributed by atoms with van der Waals surface area (Å²) in [6, 6.07) is 16.1. The molecule has 1 saturated heterocycles. The molecular weight excluding hydrogens is 328 g/mol. The third-order valence-corrected chi connectivity index (χ3v) is 5.26. The minimum Gasteiger partial charge on any atom is -0.497 e. The van der Waals surface area contributed by atoms with E-state index < -0.39 is 0 Å². The van der Waals surface area contributed by atoms with Crippen LogP contribution in [0.25, 0.3) is 0 Å². The highest BCUT2D eigenvalue weighted by Crippen LogP contribution is 2.28. The minimum absolute atomic E-state index is 0.0718. The van der Waals surface area contributed by atoms with Gasteiger partial charge in [-0.3, -0.25) is 4.79 Å². The van der Waals surface area contributed by atoms with Gasteiger partial charge in [0.05, 0.1) is 13.0 Å². The number of methoxy groups -OCH3 is 1. The molecule has 0 bridgehead atoms. The summed E-state index contributed by atoms with van der Waals surface area (Å²) in [5, 5.41) is 0. The summed E-state index contributed by atoms with van der Waals surface area (Å²) in [4.78, 5) is 17.2. The molecule has 26 heavy (non-hydrogen) atoms. The molecule has 5 nitrogen and oxygen atoms in total. The summed E-state index contributed by atoms with van der Waals surface area (Å²) in [7, 11) is 1.67. The van der Waals surface area contributed by atoms with Crippen LogP contribution in [-0.2, 0) is 11.2 Å². The zero-order valence-electron chi connectivity index (χ0n) is 15.1. The lowest BCUT2D eigenvalue weighted by Crippen LogP contribution is -2.51. The number of carbonyl (C=O) groups is 1. The number of para-hydroxylation sites is 1. The fourth-order valence-corrected chi connectivity index (χ4v) is 3.72. The Morgan fingerprint density at radius 2 is 1.77 bits per heavy atom. The third kappa shape index (κ3) is 3.34. The lowest BCUT2D eigenvalue weighted by atomic mass is 9.95. The lowest BCUT2D eigenvalue weighted by molar-refractivity contribution is -0.137. The predicted molar refractivity (Wildman–Crippen MR) is 101 cm³/mol. The van der Waals surface area contributed by atoms with E-state index in [1.807, 2.05) is 35.2 Å². The molecule has 0 radical (unpaired) electrons. The number of hydrogen-bond acceptors (Lipinski definition) is 4. The summed E-state index contributed by atoms with van der Waals surface area (Å²) >= 11 is 0. The summed E-state index contributed by atoms with van der Waals surface area (Å²) in [5.74, 6) is 1.92. The Morgan fingerprint density at radius 1 is 1.04 bits per heavy atom. The van der Waals surface area contributed by atoms with Gasteiger partial charge in [0.25, 0.3) is 0 Å². The molecule has 2 aliphatic rings. The topological polar surface area (TPSA) is 42.0 Å². The van der Waals surface area contributed by atoms with Gasteiger partial charge in [0, 0.05) is 31.9 Å². The molecule has 1 amide bonds. The van der Waals surface area contributed by atoms with E-state index in [2.05, 4.69) is 23.1 Å². The molecule has 0 N–H and O–H groups in total. The molecule has 0 saturated carbocycles. The molecule has 0 spiro atoms. The van der Waals surface area contributed by atoms with E-state index in [1.165, 1.54) is 5.69 Å². The molecule has 0 aliphatic carbocycles.